The SMILES string of the molecule is Nc1cnc(-c2ccccn2)c(N)c1. The van der Waals surface area contributed by atoms with Crippen LogP contribution in [0.25, 0.3) is 11.4 Å². The smallest absolute Gasteiger partial charge is 0.112 e. The van der Waals surface area contributed by atoms with Gasteiger partial charge in [0.15, 0.2) is 0 Å². The van der Waals surface area contributed by atoms with Crippen molar-refractivity contribution in [1.82, 2.24) is 9.97 Å². The highest BCUT2D eigenvalue weighted by Gasteiger charge is 2.04. The zero-order chi connectivity index (χ0) is 9.97. The second-order valence-corrected chi connectivity index (χ2v) is 2.92. The molecule has 0 aliphatic heterocycles. The first-order chi connectivity index (χ1) is 6.77. The molecular weight excluding hydrogens is 176 g/mol. The Hall–Kier alpha value is -2.10. The lowest BCUT2D eigenvalue weighted by Crippen LogP contribution is -1.97. The number of hydrogen-bond acceptors (Lipinski definition) is 4. The Balaban J connectivity index is 2.53. The van der Waals surface area contributed by atoms with Gasteiger partial charge in [0.1, 0.15) is 5.69 Å². The summed E-state index contributed by atoms with van der Waals surface area (Å²) in [5.74, 6) is 0. The van der Waals surface area contributed by atoms with E-state index in [4.69, 9.17) is 11.5 Å². The molecule has 0 saturated carbocycles. The molecule has 0 aromatic carbocycles. The molecule has 0 unspecified atom stereocenters. The lowest BCUT2D eigenvalue weighted by Gasteiger charge is -2.03. The second-order valence-electron chi connectivity index (χ2n) is 2.92. The number of nitrogens with two attached hydrogens (primary N) is 2. The van der Waals surface area contributed by atoms with E-state index in [-0.39, 0.29) is 0 Å². The van der Waals surface area contributed by atoms with E-state index in [1.165, 1.54) is 0 Å². The van der Waals surface area contributed by atoms with E-state index in [9.17, 15) is 0 Å². The maximum Gasteiger partial charge on any atom is 0.112 e. The van der Waals surface area contributed by atoms with Gasteiger partial charge < -0.3 is 11.5 Å². The zero-order valence-corrected chi connectivity index (χ0v) is 7.51. The number of nitrogen functional groups attached to an aromatic ring is 2. The molecule has 4 N–H and O–H groups in total. The van der Waals surface area contributed by atoms with Gasteiger partial charge in [0.25, 0.3) is 0 Å². The number of aromatic nitrogens is 2. The third-order valence-corrected chi connectivity index (χ3v) is 1.85. The molecule has 0 saturated heterocycles. The summed E-state index contributed by atoms with van der Waals surface area (Å²) in [6.07, 6.45) is 3.27. The van der Waals surface area contributed by atoms with Crippen LogP contribution in [0.5, 0.6) is 0 Å². The average Bonchev–Trinajstić information content (AvgIpc) is 2.19. The molecule has 4 heteroatoms. The number of nitrogens with zero attached hydrogens (tertiary/aromatic N) is 2. The fourth-order valence-corrected chi connectivity index (χ4v) is 1.22. The first kappa shape index (κ1) is 8.50. The van der Waals surface area contributed by atoms with Gasteiger partial charge in [0, 0.05) is 6.20 Å². The molecule has 2 aromatic heterocycles. The summed E-state index contributed by atoms with van der Waals surface area (Å²) in [6.45, 7) is 0. The van der Waals surface area contributed by atoms with Crippen LogP contribution in [0.3, 0.4) is 0 Å². The largest absolute Gasteiger partial charge is 0.397 e. The Morgan fingerprint density at radius 3 is 2.57 bits per heavy atom. The van der Waals surface area contributed by atoms with Crippen molar-refractivity contribution < 1.29 is 0 Å². The van der Waals surface area contributed by atoms with E-state index in [2.05, 4.69) is 9.97 Å². The summed E-state index contributed by atoms with van der Waals surface area (Å²) < 4.78 is 0. The van der Waals surface area contributed by atoms with Gasteiger partial charge in [-0.15, -0.1) is 0 Å². The van der Waals surface area contributed by atoms with Crippen LogP contribution >= 0.6 is 0 Å². The van der Waals surface area contributed by atoms with Gasteiger partial charge in [-0.25, -0.2) is 0 Å². The number of rotatable bonds is 1. The lowest BCUT2D eigenvalue weighted by molar-refractivity contribution is 1.25. The fraction of sp³-hybridized carbons (Fsp3) is 0. The summed E-state index contributed by atoms with van der Waals surface area (Å²) in [6, 6.07) is 7.27. The number of anilines is 2. The van der Waals surface area contributed by atoms with Gasteiger partial charge in [0.2, 0.25) is 0 Å². The van der Waals surface area contributed by atoms with Crippen molar-refractivity contribution >= 4 is 11.4 Å². The third kappa shape index (κ3) is 1.50. The van der Waals surface area contributed by atoms with Crippen LogP contribution in [-0.4, -0.2) is 9.97 Å². The van der Waals surface area contributed by atoms with Gasteiger partial charge in [-0.05, 0) is 18.2 Å². The molecule has 4 nitrogen and oxygen atoms in total. The monoisotopic (exact) mass is 186 g/mol. The molecule has 0 spiro atoms. The maximum absolute atomic E-state index is 5.77. The summed E-state index contributed by atoms with van der Waals surface area (Å²) in [5.41, 5.74) is 13.8. The maximum atomic E-state index is 5.77. The van der Waals surface area contributed by atoms with Crippen LogP contribution in [-0.2, 0) is 0 Å². The molecule has 0 radical (unpaired) electrons. The van der Waals surface area contributed by atoms with Gasteiger partial charge in [-0.2, -0.15) is 0 Å². The second kappa shape index (κ2) is 3.33. The topological polar surface area (TPSA) is 77.8 Å². The molecule has 14 heavy (non-hydrogen) atoms. The summed E-state index contributed by atoms with van der Waals surface area (Å²) in [5, 5.41) is 0. The quantitative estimate of drug-likeness (QED) is 0.703. The van der Waals surface area contributed by atoms with Crippen molar-refractivity contribution in [3.63, 3.8) is 0 Å². The molecule has 2 heterocycles. The van der Waals surface area contributed by atoms with Gasteiger partial charge in [0.05, 0.1) is 23.3 Å². The van der Waals surface area contributed by atoms with Crippen LogP contribution in [0.4, 0.5) is 11.4 Å². The minimum Gasteiger partial charge on any atom is -0.397 e. The fourth-order valence-electron chi connectivity index (χ4n) is 1.22. The summed E-state index contributed by atoms with van der Waals surface area (Å²) >= 11 is 0. The summed E-state index contributed by atoms with van der Waals surface area (Å²) in [7, 11) is 0. The van der Waals surface area contributed by atoms with E-state index in [0.29, 0.717) is 17.1 Å². The molecule has 0 bridgehead atoms. The van der Waals surface area contributed by atoms with Crippen LogP contribution in [0, 0.1) is 0 Å². The minimum atomic E-state index is 0.545. The van der Waals surface area contributed by atoms with E-state index < -0.39 is 0 Å². The van der Waals surface area contributed by atoms with E-state index in [0.717, 1.165) is 5.69 Å². The minimum absolute atomic E-state index is 0.545. The lowest BCUT2D eigenvalue weighted by atomic mass is 10.2. The summed E-state index contributed by atoms with van der Waals surface area (Å²) in [4.78, 5) is 8.29. The molecule has 70 valence electrons. The highest BCUT2D eigenvalue weighted by molar-refractivity contribution is 5.71. The Labute approximate surface area is 81.6 Å². The van der Waals surface area contributed by atoms with Crippen LogP contribution in [0.2, 0.25) is 0 Å². The Bertz CT molecular complexity index is 439. The normalized spacial score (nSPS) is 10.0. The van der Waals surface area contributed by atoms with Gasteiger partial charge in [-0.1, -0.05) is 6.07 Å². The van der Waals surface area contributed by atoms with Crippen molar-refractivity contribution in [3.8, 4) is 11.4 Å². The van der Waals surface area contributed by atoms with Crippen molar-refractivity contribution in [2.24, 2.45) is 0 Å². The first-order valence-corrected chi connectivity index (χ1v) is 4.20. The first-order valence-electron chi connectivity index (χ1n) is 4.20. The van der Waals surface area contributed by atoms with Crippen molar-refractivity contribution in [3.05, 3.63) is 36.7 Å². The van der Waals surface area contributed by atoms with Crippen molar-refractivity contribution in [1.29, 1.82) is 0 Å². The highest BCUT2D eigenvalue weighted by atomic mass is 14.8. The average molecular weight is 186 g/mol. The zero-order valence-electron chi connectivity index (χ0n) is 7.51. The molecule has 0 aliphatic rings. The van der Waals surface area contributed by atoms with E-state index >= 15 is 0 Å². The standard InChI is InChI=1S/C10H10N4/c11-7-5-8(12)10(14-6-7)9-3-1-2-4-13-9/h1-6H,11-12H2. The van der Waals surface area contributed by atoms with Crippen molar-refractivity contribution in [2.45, 2.75) is 0 Å². The highest BCUT2D eigenvalue weighted by Crippen LogP contribution is 2.22. The molecule has 2 rings (SSSR count). The number of pyridine rings is 2. The van der Waals surface area contributed by atoms with Gasteiger partial charge >= 0.3 is 0 Å². The Morgan fingerprint density at radius 1 is 1.07 bits per heavy atom. The molecule has 0 atom stereocenters. The van der Waals surface area contributed by atoms with Crippen molar-refractivity contribution in [2.75, 3.05) is 11.5 Å². The Morgan fingerprint density at radius 2 is 1.93 bits per heavy atom. The van der Waals surface area contributed by atoms with Crippen LogP contribution in [0.1, 0.15) is 0 Å². The molecule has 0 aliphatic carbocycles. The van der Waals surface area contributed by atoms with Gasteiger partial charge in [-0.3, -0.25) is 9.97 Å². The third-order valence-electron chi connectivity index (χ3n) is 1.85. The molecule has 0 fully saturated rings. The molecular formula is C10H10N4. The Kier molecular flexibility index (Phi) is 2.02. The van der Waals surface area contributed by atoms with Crippen LogP contribution in [0.15, 0.2) is 36.7 Å². The molecule has 2 aromatic rings. The predicted molar refractivity (Wildman–Crippen MR) is 56.3 cm³/mol. The van der Waals surface area contributed by atoms with Crippen LogP contribution < -0.4 is 11.5 Å². The molecule has 0 amide bonds. The van der Waals surface area contributed by atoms with E-state index in [1.54, 1.807) is 18.5 Å². The predicted octanol–water partition coefficient (Wildman–Crippen LogP) is 1.31. The number of hydrogen-bond donors (Lipinski definition) is 2. The van der Waals surface area contributed by atoms with E-state index in [1.807, 2.05) is 18.2 Å².